The molecule has 1 fully saturated rings. The molecule has 1 aliphatic carbocycles. The third-order valence-corrected chi connectivity index (χ3v) is 3.65. The molecule has 0 aliphatic heterocycles. The van der Waals surface area contributed by atoms with E-state index in [1.54, 1.807) is 0 Å². The van der Waals surface area contributed by atoms with E-state index in [9.17, 15) is 0 Å². The zero-order valence-corrected chi connectivity index (χ0v) is 9.64. The average Bonchev–Trinajstić information content (AvgIpc) is 2.03. The lowest BCUT2D eigenvalue weighted by Gasteiger charge is -2.37. The first-order chi connectivity index (χ1) is 6.02. The van der Waals surface area contributed by atoms with Gasteiger partial charge < -0.3 is 0 Å². The van der Waals surface area contributed by atoms with Crippen LogP contribution in [0, 0.1) is 23.7 Å². The summed E-state index contributed by atoms with van der Waals surface area (Å²) >= 11 is 0. The Bertz CT molecular complexity index is 178. The molecule has 0 bridgehead atoms. The molecule has 1 rings (SSSR count). The van der Waals surface area contributed by atoms with Crippen molar-refractivity contribution < 1.29 is 0 Å². The van der Waals surface area contributed by atoms with Gasteiger partial charge in [-0.1, -0.05) is 39.3 Å². The minimum absolute atomic E-state index is 0.802. The highest BCUT2D eigenvalue weighted by Crippen LogP contribution is 2.40. The Labute approximate surface area is 83.4 Å². The average molecular weight is 180 g/mol. The highest BCUT2D eigenvalue weighted by Gasteiger charge is 2.30. The van der Waals surface area contributed by atoms with Crippen LogP contribution in [0.4, 0.5) is 0 Å². The van der Waals surface area contributed by atoms with E-state index in [0.29, 0.717) is 0 Å². The summed E-state index contributed by atoms with van der Waals surface area (Å²) in [6.07, 6.45) is 4.19. The maximum atomic E-state index is 4.14. The maximum Gasteiger partial charge on any atom is -0.0178 e. The molecule has 0 aromatic rings. The van der Waals surface area contributed by atoms with Gasteiger partial charge in [0.1, 0.15) is 0 Å². The molecule has 0 radical (unpaired) electrons. The predicted octanol–water partition coefficient (Wildman–Crippen LogP) is 4.27. The van der Waals surface area contributed by atoms with Gasteiger partial charge >= 0.3 is 0 Å². The van der Waals surface area contributed by atoms with Crippen LogP contribution in [-0.4, -0.2) is 0 Å². The second-order valence-electron chi connectivity index (χ2n) is 5.28. The Balaban J connectivity index is 2.66. The van der Waals surface area contributed by atoms with Crippen molar-refractivity contribution in [3.8, 4) is 0 Å². The fourth-order valence-corrected chi connectivity index (χ4v) is 2.77. The maximum absolute atomic E-state index is 4.14. The first-order valence-corrected chi connectivity index (χ1v) is 5.67. The van der Waals surface area contributed by atoms with Crippen LogP contribution in [0.15, 0.2) is 12.2 Å². The first-order valence-electron chi connectivity index (χ1n) is 5.67. The molecule has 13 heavy (non-hydrogen) atoms. The van der Waals surface area contributed by atoms with Gasteiger partial charge in [0, 0.05) is 0 Å². The third-order valence-electron chi connectivity index (χ3n) is 3.65. The van der Waals surface area contributed by atoms with Crippen molar-refractivity contribution in [3.05, 3.63) is 12.2 Å². The topological polar surface area (TPSA) is 0 Å². The van der Waals surface area contributed by atoms with Crippen LogP contribution < -0.4 is 0 Å². The number of hydrogen-bond acceptors (Lipinski definition) is 0. The molecular weight excluding hydrogens is 156 g/mol. The Morgan fingerprint density at radius 2 is 1.92 bits per heavy atom. The second kappa shape index (κ2) is 4.30. The first kappa shape index (κ1) is 10.8. The molecule has 0 nitrogen and oxygen atoms in total. The summed E-state index contributed by atoms with van der Waals surface area (Å²) in [5, 5.41) is 0. The molecule has 0 saturated heterocycles. The summed E-state index contributed by atoms with van der Waals surface area (Å²) in [6.45, 7) is 13.5. The lowest BCUT2D eigenvalue weighted by molar-refractivity contribution is 0.167. The SMILES string of the molecule is C=C(C)C1CCC(C)CC1C(C)C. The summed E-state index contributed by atoms with van der Waals surface area (Å²) in [5.41, 5.74) is 1.41. The zero-order valence-electron chi connectivity index (χ0n) is 9.64. The van der Waals surface area contributed by atoms with E-state index < -0.39 is 0 Å². The number of hydrogen-bond donors (Lipinski definition) is 0. The number of rotatable bonds is 2. The molecule has 3 atom stereocenters. The van der Waals surface area contributed by atoms with Crippen molar-refractivity contribution in [1.82, 2.24) is 0 Å². The molecule has 0 amide bonds. The van der Waals surface area contributed by atoms with Crippen LogP contribution in [-0.2, 0) is 0 Å². The summed E-state index contributed by atoms with van der Waals surface area (Å²) in [5.74, 6) is 3.45. The Morgan fingerprint density at radius 3 is 2.38 bits per heavy atom. The second-order valence-corrected chi connectivity index (χ2v) is 5.28. The molecule has 0 heterocycles. The molecule has 0 spiro atoms. The number of allylic oxidation sites excluding steroid dienone is 1. The lowest BCUT2D eigenvalue weighted by atomic mass is 9.68. The van der Waals surface area contributed by atoms with E-state index >= 15 is 0 Å². The standard InChI is InChI=1S/C13H24/c1-9(2)12-7-6-11(5)8-13(12)10(3)4/h10-13H,1,6-8H2,2-5H3. The van der Waals surface area contributed by atoms with Crippen LogP contribution >= 0.6 is 0 Å². The van der Waals surface area contributed by atoms with E-state index in [-0.39, 0.29) is 0 Å². The Kier molecular flexibility index (Phi) is 3.58. The summed E-state index contributed by atoms with van der Waals surface area (Å²) < 4.78 is 0. The van der Waals surface area contributed by atoms with Gasteiger partial charge in [0.15, 0.2) is 0 Å². The van der Waals surface area contributed by atoms with Crippen molar-refractivity contribution in [2.24, 2.45) is 23.7 Å². The quantitative estimate of drug-likeness (QED) is 0.557. The van der Waals surface area contributed by atoms with Crippen molar-refractivity contribution in [2.75, 3.05) is 0 Å². The third kappa shape index (κ3) is 2.59. The molecular formula is C13H24. The van der Waals surface area contributed by atoms with Crippen LogP contribution in [0.25, 0.3) is 0 Å². The van der Waals surface area contributed by atoms with E-state index in [1.165, 1.54) is 24.8 Å². The van der Waals surface area contributed by atoms with Gasteiger partial charge in [0.2, 0.25) is 0 Å². The molecule has 0 aromatic heterocycles. The van der Waals surface area contributed by atoms with Crippen LogP contribution in [0.5, 0.6) is 0 Å². The van der Waals surface area contributed by atoms with Gasteiger partial charge in [-0.25, -0.2) is 0 Å². The zero-order chi connectivity index (χ0) is 10.0. The summed E-state index contributed by atoms with van der Waals surface area (Å²) in [7, 11) is 0. The van der Waals surface area contributed by atoms with Crippen molar-refractivity contribution >= 4 is 0 Å². The molecule has 0 heteroatoms. The van der Waals surface area contributed by atoms with Gasteiger partial charge in [0.05, 0.1) is 0 Å². The van der Waals surface area contributed by atoms with Crippen LogP contribution in [0.3, 0.4) is 0 Å². The highest BCUT2D eigenvalue weighted by molar-refractivity contribution is 5.01. The Hall–Kier alpha value is -0.260. The molecule has 3 unspecified atom stereocenters. The molecule has 1 aliphatic rings. The normalized spacial score (nSPS) is 35.0. The smallest absolute Gasteiger partial charge is 0.0178 e. The Morgan fingerprint density at radius 1 is 1.31 bits per heavy atom. The molecule has 76 valence electrons. The summed E-state index contributed by atoms with van der Waals surface area (Å²) in [6, 6.07) is 0. The highest BCUT2D eigenvalue weighted by atomic mass is 14.4. The van der Waals surface area contributed by atoms with Crippen molar-refractivity contribution in [3.63, 3.8) is 0 Å². The van der Waals surface area contributed by atoms with E-state index in [4.69, 9.17) is 0 Å². The minimum Gasteiger partial charge on any atom is -0.0999 e. The van der Waals surface area contributed by atoms with Gasteiger partial charge in [0.25, 0.3) is 0 Å². The molecule has 0 N–H and O–H groups in total. The van der Waals surface area contributed by atoms with E-state index in [0.717, 1.165) is 23.7 Å². The van der Waals surface area contributed by atoms with Crippen molar-refractivity contribution in [1.29, 1.82) is 0 Å². The molecule has 1 saturated carbocycles. The van der Waals surface area contributed by atoms with Crippen molar-refractivity contribution in [2.45, 2.75) is 47.0 Å². The summed E-state index contributed by atoms with van der Waals surface area (Å²) in [4.78, 5) is 0. The minimum atomic E-state index is 0.802. The lowest BCUT2D eigenvalue weighted by Crippen LogP contribution is -2.28. The van der Waals surface area contributed by atoms with E-state index in [1.807, 2.05) is 0 Å². The fourth-order valence-electron chi connectivity index (χ4n) is 2.77. The van der Waals surface area contributed by atoms with Gasteiger partial charge in [-0.2, -0.15) is 0 Å². The fraction of sp³-hybridized carbons (Fsp3) is 0.846. The monoisotopic (exact) mass is 180 g/mol. The van der Waals surface area contributed by atoms with Gasteiger partial charge in [-0.05, 0) is 43.4 Å². The van der Waals surface area contributed by atoms with Crippen LogP contribution in [0.1, 0.15) is 47.0 Å². The molecule has 0 aromatic carbocycles. The largest absolute Gasteiger partial charge is 0.0999 e. The predicted molar refractivity (Wildman–Crippen MR) is 59.6 cm³/mol. The van der Waals surface area contributed by atoms with Gasteiger partial charge in [-0.3, -0.25) is 0 Å². The van der Waals surface area contributed by atoms with E-state index in [2.05, 4.69) is 34.3 Å². The van der Waals surface area contributed by atoms with Gasteiger partial charge in [-0.15, -0.1) is 0 Å². The van der Waals surface area contributed by atoms with Crippen LogP contribution in [0.2, 0.25) is 0 Å².